The maximum atomic E-state index is 13.7. The standard InChI is InChI=1S/C17H20F3N5O/c18-17(19,20)14-6-9-24(12-16(14)7-10-26-11-8-16)15-21-22-23-25(15)13-4-2-1-3-5-13/h1-5,14H,6-12H2/t14-/m0/s1. The fourth-order valence-electron chi connectivity index (χ4n) is 4.24. The molecule has 2 aromatic rings. The van der Waals surface area contributed by atoms with E-state index < -0.39 is 17.5 Å². The van der Waals surface area contributed by atoms with Crippen molar-refractivity contribution in [1.82, 2.24) is 20.2 Å². The lowest BCUT2D eigenvalue weighted by Crippen LogP contribution is -2.56. The van der Waals surface area contributed by atoms with Gasteiger partial charge in [-0.05, 0) is 41.8 Å². The first-order valence-electron chi connectivity index (χ1n) is 8.73. The molecule has 1 aromatic heterocycles. The van der Waals surface area contributed by atoms with E-state index in [-0.39, 0.29) is 19.5 Å². The van der Waals surface area contributed by atoms with Crippen molar-refractivity contribution in [2.75, 3.05) is 31.2 Å². The zero-order valence-corrected chi connectivity index (χ0v) is 14.2. The highest BCUT2D eigenvalue weighted by Gasteiger charge is 2.56. The molecule has 0 radical (unpaired) electrons. The van der Waals surface area contributed by atoms with Crippen molar-refractivity contribution in [3.63, 3.8) is 0 Å². The van der Waals surface area contributed by atoms with Gasteiger partial charge in [0.15, 0.2) is 0 Å². The maximum absolute atomic E-state index is 13.7. The lowest BCUT2D eigenvalue weighted by molar-refractivity contribution is -0.223. The van der Waals surface area contributed by atoms with E-state index in [1.165, 1.54) is 0 Å². The van der Waals surface area contributed by atoms with Crippen molar-refractivity contribution in [2.24, 2.45) is 11.3 Å². The van der Waals surface area contributed by atoms with Gasteiger partial charge in [0.25, 0.3) is 0 Å². The molecule has 1 aromatic carbocycles. The third-order valence-electron chi connectivity index (χ3n) is 5.55. The SMILES string of the molecule is FC(F)(F)[C@H]1CCN(c2nnnn2-c2ccccc2)CC12CCOCC2. The number of benzene rings is 1. The number of aromatic nitrogens is 4. The lowest BCUT2D eigenvalue weighted by Gasteiger charge is -2.50. The molecular weight excluding hydrogens is 347 g/mol. The topological polar surface area (TPSA) is 56.1 Å². The number of anilines is 1. The molecule has 0 unspecified atom stereocenters. The number of para-hydroxylation sites is 1. The molecule has 2 aliphatic rings. The van der Waals surface area contributed by atoms with Gasteiger partial charge in [-0.25, -0.2) is 0 Å². The summed E-state index contributed by atoms with van der Waals surface area (Å²) in [4.78, 5) is 1.89. The fraction of sp³-hybridized carbons (Fsp3) is 0.588. The Balaban J connectivity index is 1.65. The molecular formula is C17H20F3N5O. The molecule has 2 saturated heterocycles. The Morgan fingerprint density at radius 1 is 1.12 bits per heavy atom. The maximum Gasteiger partial charge on any atom is 0.392 e. The summed E-state index contributed by atoms with van der Waals surface area (Å²) in [5, 5.41) is 11.9. The number of halogens is 3. The number of rotatable bonds is 2. The number of hydrogen-bond acceptors (Lipinski definition) is 5. The summed E-state index contributed by atoms with van der Waals surface area (Å²) in [7, 11) is 0. The summed E-state index contributed by atoms with van der Waals surface area (Å²) in [5.74, 6) is -0.820. The fourth-order valence-corrected chi connectivity index (χ4v) is 4.24. The van der Waals surface area contributed by atoms with Crippen molar-refractivity contribution >= 4 is 5.95 Å². The first-order chi connectivity index (χ1) is 12.5. The Morgan fingerprint density at radius 2 is 1.85 bits per heavy atom. The van der Waals surface area contributed by atoms with Gasteiger partial charge >= 0.3 is 6.18 Å². The van der Waals surface area contributed by atoms with E-state index >= 15 is 0 Å². The minimum absolute atomic E-state index is 0.0468. The van der Waals surface area contributed by atoms with Crippen LogP contribution in [0.5, 0.6) is 0 Å². The Labute approximate surface area is 148 Å². The summed E-state index contributed by atoms with van der Waals surface area (Å²) >= 11 is 0. The average molecular weight is 367 g/mol. The summed E-state index contributed by atoms with van der Waals surface area (Å²) in [6.07, 6.45) is -3.35. The van der Waals surface area contributed by atoms with Gasteiger partial charge in [0, 0.05) is 31.7 Å². The largest absolute Gasteiger partial charge is 0.392 e. The van der Waals surface area contributed by atoms with Crippen LogP contribution in [0.2, 0.25) is 0 Å². The van der Waals surface area contributed by atoms with Crippen LogP contribution >= 0.6 is 0 Å². The van der Waals surface area contributed by atoms with Crippen LogP contribution in [0.3, 0.4) is 0 Å². The average Bonchev–Trinajstić information content (AvgIpc) is 3.12. The molecule has 140 valence electrons. The molecule has 1 spiro atoms. The first kappa shape index (κ1) is 17.3. The second-order valence-electron chi connectivity index (χ2n) is 7.01. The number of nitrogens with zero attached hydrogens (tertiary/aromatic N) is 5. The van der Waals surface area contributed by atoms with Gasteiger partial charge in [0.05, 0.1) is 11.6 Å². The van der Waals surface area contributed by atoms with Crippen LogP contribution in [-0.2, 0) is 4.74 Å². The normalized spacial score (nSPS) is 23.3. The summed E-state index contributed by atoms with van der Waals surface area (Å²) in [6, 6.07) is 9.37. The van der Waals surface area contributed by atoms with Gasteiger partial charge in [0.2, 0.25) is 5.95 Å². The minimum Gasteiger partial charge on any atom is -0.381 e. The smallest absolute Gasteiger partial charge is 0.381 e. The van der Waals surface area contributed by atoms with Crippen LogP contribution in [0.1, 0.15) is 19.3 Å². The predicted molar refractivity (Wildman–Crippen MR) is 88.0 cm³/mol. The van der Waals surface area contributed by atoms with E-state index in [1.54, 1.807) is 4.68 Å². The highest BCUT2D eigenvalue weighted by Crippen LogP contribution is 2.51. The molecule has 6 nitrogen and oxygen atoms in total. The van der Waals surface area contributed by atoms with Crippen LogP contribution in [-0.4, -0.2) is 52.7 Å². The van der Waals surface area contributed by atoms with Crippen LogP contribution in [0.25, 0.3) is 5.69 Å². The minimum atomic E-state index is -4.20. The predicted octanol–water partition coefficient (Wildman–Crippen LogP) is 2.85. The molecule has 9 heteroatoms. The Hall–Kier alpha value is -2.16. The molecule has 0 amide bonds. The molecule has 1 atom stereocenters. The molecule has 0 aliphatic carbocycles. The number of hydrogen-bond donors (Lipinski definition) is 0. The lowest BCUT2D eigenvalue weighted by atomic mass is 9.66. The van der Waals surface area contributed by atoms with Crippen molar-refractivity contribution in [2.45, 2.75) is 25.4 Å². The van der Waals surface area contributed by atoms with Gasteiger partial charge in [0.1, 0.15) is 0 Å². The number of alkyl halides is 3. The molecule has 0 N–H and O–H groups in total. The Kier molecular flexibility index (Phi) is 4.34. The molecule has 4 rings (SSSR count). The van der Waals surface area contributed by atoms with Crippen molar-refractivity contribution < 1.29 is 17.9 Å². The van der Waals surface area contributed by atoms with E-state index in [1.807, 2.05) is 35.2 Å². The van der Waals surface area contributed by atoms with Gasteiger partial charge in [-0.3, -0.25) is 0 Å². The van der Waals surface area contributed by atoms with Crippen LogP contribution < -0.4 is 4.90 Å². The molecule has 3 heterocycles. The van der Waals surface area contributed by atoms with Crippen molar-refractivity contribution in [3.8, 4) is 5.69 Å². The number of ether oxygens (including phenoxy) is 1. The third-order valence-corrected chi connectivity index (χ3v) is 5.55. The third kappa shape index (κ3) is 3.04. The van der Waals surface area contributed by atoms with E-state index in [0.29, 0.717) is 32.0 Å². The first-order valence-corrected chi connectivity index (χ1v) is 8.73. The number of piperidine rings is 1. The van der Waals surface area contributed by atoms with Gasteiger partial charge in [-0.2, -0.15) is 17.9 Å². The van der Waals surface area contributed by atoms with E-state index in [0.717, 1.165) is 5.69 Å². The second kappa shape index (κ2) is 6.53. The van der Waals surface area contributed by atoms with E-state index in [2.05, 4.69) is 15.5 Å². The quantitative estimate of drug-likeness (QED) is 0.817. The summed E-state index contributed by atoms with van der Waals surface area (Å²) in [6.45, 7) is 1.29. The molecule has 2 aliphatic heterocycles. The van der Waals surface area contributed by atoms with Crippen LogP contribution in [0.15, 0.2) is 30.3 Å². The zero-order chi connectivity index (χ0) is 18.2. The highest BCUT2D eigenvalue weighted by molar-refractivity contribution is 5.41. The van der Waals surface area contributed by atoms with Crippen LogP contribution in [0.4, 0.5) is 19.1 Å². The molecule has 0 bridgehead atoms. The summed E-state index contributed by atoms with van der Waals surface area (Å²) in [5.41, 5.74) is -0.0613. The Morgan fingerprint density at radius 3 is 2.54 bits per heavy atom. The summed E-state index contributed by atoms with van der Waals surface area (Å²) < 4.78 is 48.0. The van der Waals surface area contributed by atoms with Gasteiger partial charge < -0.3 is 9.64 Å². The van der Waals surface area contributed by atoms with Gasteiger partial charge in [-0.15, -0.1) is 0 Å². The monoisotopic (exact) mass is 367 g/mol. The number of tetrazole rings is 1. The van der Waals surface area contributed by atoms with Gasteiger partial charge in [-0.1, -0.05) is 23.3 Å². The van der Waals surface area contributed by atoms with E-state index in [9.17, 15) is 13.2 Å². The molecule has 2 fully saturated rings. The van der Waals surface area contributed by atoms with Crippen molar-refractivity contribution in [1.29, 1.82) is 0 Å². The Bertz CT molecular complexity index is 742. The van der Waals surface area contributed by atoms with E-state index in [4.69, 9.17) is 4.74 Å². The molecule has 0 saturated carbocycles. The van der Waals surface area contributed by atoms with Crippen LogP contribution in [0, 0.1) is 11.3 Å². The zero-order valence-electron chi connectivity index (χ0n) is 14.2. The van der Waals surface area contributed by atoms with Crippen molar-refractivity contribution in [3.05, 3.63) is 30.3 Å². The molecule has 26 heavy (non-hydrogen) atoms. The highest BCUT2D eigenvalue weighted by atomic mass is 19.4. The second-order valence-corrected chi connectivity index (χ2v) is 7.01.